The Labute approximate surface area is 93.7 Å². The van der Waals surface area contributed by atoms with Crippen molar-refractivity contribution < 1.29 is 24.1 Å². The number of aliphatic carboxylic acids is 1. The third-order valence-electron chi connectivity index (χ3n) is 2.17. The molecule has 0 spiro atoms. The zero-order valence-electron chi connectivity index (χ0n) is 8.56. The van der Waals surface area contributed by atoms with Crippen LogP contribution in [0.4, 0.5) is 4.79 Å². The molecule has 0 fully saturated rings. The summed E-state index contributed by atoms with van der Waals surface area (Å²) in [6.45, 7) is 0. The van der Waals surface area contributed by atoms with Crippen molar-refractivity contribution >= 4 is 29.5 Å². The smallest absolute Gasteiger partial charge is 0.465 e. The fourth-order valence-corrected chi connectivity index (χ4v) is 1.42. The van der Waals surface area contributed by atoms with E-state index >= 15 is 0 Å². The van der Waals surface area contributed by atoms with Gasteiger partial charge in [0.25, 0.3) is 12.1 Å². The van der Waals surface area contributed by atoms with E-state index in [0.29, 0.717) is 0 Å². The molecule has 2 heterocycles. The molecule has 0 saturated carbocycles. The molecule has 88 valence electrons. The van der Waals surface area contributed by atoms with Crippen molar-refractivity contribution in [3.8, 4) is 0 Å². The number of fused-ring (bicyclic) bond motifs is 1. The average molecular weight is 239 g/mol. The number of primary amides is 1. The lowest BCUT2D eigenvalue weighted by Crippen LogP contribution is -2.47. The Morgan fingerprint density at radius 3 is 2.71 bits per heavy atom. The van der Waals surface area contributed by atoms with Crippen LogP contribution in [0.1, 0.15) is 0 Å². The van der Waals surface area contributed by atoms with Gasteiger partial charge >= 0.3 is 17.8 Å². The molecule has 3 N–H and O–H groups in total. The number of nitrogens with zero attached hydrogens (tertiary/aromatic N) is 5. The minimum absolute atomic E-state index is 0.326. The molecule has 0 bridgehead atoms. The second-order valence-electron chi connectivity index (χ2n) is 3.24. The van der Waals surface area contributed by atoms with E-state index in [1.165, 1.54) is 7.05 Å². The van der Waals surface area contributed by atoms with Gasteiger partial charge in [-0.15, -0.1) is 10.1 Å². The van der Waals surface area contributed by atoms with Crippen molar-refractivity contribution in [1.82, 2.24) is 5.01 Å². The number of rotatable bonds is 2. The van der Waals surface area contributed by atoms with Crippen LogP contribution in [0.25, 0.3) is 0 Å². The monoisotopic (exact) mass is 239 g/mol. The number of aliphatic imine (C=N–C) groups is 1. The van der Waals surface area contributed by atoms with Gasteiger partial charge in [0, 0.05) is 0 Å². The van der Waals surface area contributed by atoms with Gasteiger partial charge in [0.2, 0.25) is 5.71 Å². The second-order valence-corrected chi connectivity index (χ2v) is 3.24. The first-order valence-electron chi connectivity index (χ1n) is 4.39. The van der Waals surface area contributed by atoms with E-state index in [9.17, 15) is 14.4 Å². The summed E-state index contributed by atoms with van der Waals surface area (Å²) in [5.74, 6) is -3.00. The van der Waals surface area contributed by atoms with E-state index in [4.69, 9.17) is 10.8 Å². The predicted molar refractivity (Wildman–Crippen MR) is 51.3 cm³/mol. The highest BCUT2D eigenvalue weighted by molar-refractivity contribution is 6.47. The molecule has 1 atom stereocenters. The van der Waals surface area contributed by atoms with Crippen molar-refractivity contribution in [1.29, 1.82) is 0 Å². The van der Waals surface area contributed by atoms with Crippen LogP contribution in [0.15, 0.2) is 15.3 Å². The van der Waals surface area contributed by atoms with E-state index in [2.05, 4.69) is 15.3 Å². The topological polar surface area (TPSA) is 141 Å². The quantitative estimate of drug-likeness (QED) is 0.547. The lowest BCUT2D eigenvalue weighted by atomic mass is 10.3. The average Bonchev–Trinajstić information content (AvgIpc) is 2.63. The van der Waals surface area contributed by atoms with Gasteiger partial charge in [0.1, 0.15) is 0 Å². The summed E-state index contributed by atoms with van der Waals surface area (Å²) in [7, 11) is 1.30. The van der Waals surface area contributed by atoms with E-state index < -0.39 is 29.9 Å². The van der Waals surface area contributed by atoms with Gasteiger partial charge in [-0.05, 0) is 5.22 Å². The van der Waals surface area contributed by atoms with Crippen LogP contribution in [0, 0.1) is 0 Å². The van der Waals surface area contributed by atoms with Crippen LogP contribution in [0.2, 0.25) is 0 Å². The molecule has 0 aliphatic carbocycles. The molecule has 3 amide bonds. The molecular formula is C7H7N6O4+. The van der Waals surface area contributed by atoms with Gasteiger partial charge in [0.05, 0.1) is 7.05 Å². The Morgan fingerprint density at radius 1 is 1.53 bits per heavy atom. The highest BCUT2D eigenvalue weighted by Gasteiger charge is 2.48. The fraction of sp³-hybridized carbons (Fsp3) is 0.286. The van der Waals surface area contributed by atoms with Crippen molar-refractivity contribution in [2.24, 2.45) is 21.1 Å². The van der Waals surface area contributed by atoms with Gasteiger partial charge in [-0.25, -0.2) is 9.59 Å². The molecular weight excluding hydrogens is 232 g/mol. The van der Waals surface area contributed by atoms with Crippen LogP contribution in [0.5, 0.6) is 0 Å². The number of hydrogen-bond donors (Lipinski definition) is 2. The molecule has 2 aliphatic rings. The van der Waals surface area contributed by atoms with Crippen molar-refractivity contribution in [2.45, 2.75) is 6.17 Å². The fourth-order valence-electron chi connectivity index (χ4n) is 1.42. The SMILES string of the molecule is CN1N=NC2C(C(N)=O)=NC(C(=O)O)=[N+]2C1=O. The van der Waals surface area contributed by atoms with E-state index in [0.717, 1.165) is 9.58 Å². The van der Waals surface area contributed by atoms with Gasteiger partial charge in [-0.3, -0.25) is 4.79 Å². The Kier molecular flexibility index (Phi) is 2.19. The molecule has 0 saturated heterocycles. The molecule has 0 aromatic rings. The molecule has 0 radical (unpaired) electrons. The van der Waals surface area contributed by atoms with E-state index in [1.807, 2.05) is 0 Å². The normalized spacial score (nSPS) is 22.6. The lowest BCUT2D eigenvalue weighted by Gasteiger charge is -2.15. The van der Waals surface area contributed by atoms with E-state index in [-0.39, 0.29) is 5.71 Å². The first kappa shape index (κ1) is 10.9. The Bertz CT molecular complexity index is 532. The Balaban J connectivity index is 2.59. The van der Waals surface area contributed by atoms with Gasteiger partial charge in [-0.1, -0.05) is 4.99 Å². The number of urea groups is 1. The molecule has 0 aromatic heterocycles. The third-order valence-corrected chi connectivity index (χ3v) is 2.17. The van der Waals surface area contributed by atoms with Crippen molar-refractivity contribution in [3.63, 3.8) is 0 Å². The molecule has 0 aromatic carbocycles. The summed E-state index contributed by atoms with van der Waals surface area (Å²) in [6.07, 6.45) is -1.19. The molecule has 10 nitrogen and oxygen atoms in total. The minimum atomic E-state index is -1.45. The summed E-state index contributed by atoms with van der Waals surface area (Å²) in [4.78, 5) is 37.1. The number of amidine groups is 1. The van der Waals surface area contributed by atoms with Crippen LogP contribution < -0.4 is 5.73 Å². The predicted octanol–water partition coefficient (Wildman–Crippen LogP) is -1.82. The molecule has 17 heavy (non-hydrogen) atoms. The van der Waals surface area contributed by atoms with Crippen molar-refractivity contribution in [3.05, 3.63) is 0 Å². The van der Waals surface area contributed by atoms with Crippen LogP contribution >= 0.6 is 0 Å². The highest BCUT2D eigenvalue weighted by atomic mass is 16.4. The number of carbonyl (C=O) groups excluding carboxylic acids is 2. The number of carbonyl (C=O) groups is 3. The Morgan fingerprint density at radius 2 is 2.18 bits per heavy atom. The number of carboxylic acid groups (broad SMARTS) is 1. The van der Waals surface area contributed by atoms with Crippen molar-refractivity contribution in [2.75, 3.05) is 7.05 Å². The zero-order chi connectivity index (χ0) is 12.7. The molecule has 10 heteroatoms. The second kappa shape index (κ2) is 3.43. The van der Waals surface area contributed by atoms with E-state index in [1.54, 1.807) is 0 Å². The molecule has 2 aliphatic heterocycles. The van der Waals surface area contributed by atoms with Crippen LogP contribution in [-0.4, -0.2) is 57.4 Å². The maximum atomic E-state index is 11.7. The summed E-state index contributed by atoms with van der Waals surface area (Å²) < 4.78 is 0.745. The van der Waals surface area contributed by atoms with Crippen LogP contribution in [-0.2, 0) is 9.59 Å². The summed E-state index contributed by atoms with van der Waals surface area (Å²) in [6, 6.07) is -0.748. The first-order chi connectivity index (χ1) is 7.93. The first-order valence-corrected chi connectivity index (χ1v) is 4.39. The van der Waals surface area contributed by atoms with Crippen LogP contribution in [0.3, 0.4) is 0 Å². The standard InChI is InChI=1S/C7H6N6O4/c1-12-7(17)13-4(10-11-12)2(3(8)14)9-5(13)6(15)16/h4H,1H3,(H2-,8,14,15,16)/p+1. The largest absolute Gasteiger partial charge is 0.473 e. The number of carboxylic acids is 1. The zero-order valence-corrected chi connectivity index (χ0v) is 8.56. The lowest BCUT2D eigenvalue weighted by molar-refractivity contribution is -0.462. The molecule has 1 unspecified atom stereocenters. The van der Waals surface area contributed by atoms with Gasteiger partial charge < -0.3 is 10.8 Å². The Hall–Kier alpha value is -2.65. The maximum absolute atomic E-state index is 11.7. The third kappa shape index (κ3) is 1.46. The number of hydrogen-bond acceptors (Lipinski definition) is 6. The summed E-state index contributed by atoms with van der Waals surface area (Å²) >= 11 is 0. The van der Waals surface area contributed by atoms with Gasteiger partial charge in [-0.2, -0.15) is 4.58 Å². The molecule has 2 rings (SSSR count). The number of amides is 3. The van der Waals surface area contributed by atoms with Gasteiger partial charge in [0.15, 0.2) is 0 Å². The number of nitrogens with two attached hydrogens (primary N) is 1. The summed E-state index contributed by atoms with van der Waals surface area (Å²) in [5.41, 5.74) is 4.69. The maximum Gasteiger partial charge on any atom is 0.465 e. The highest BCUT2D eigenvalue weighted by Crippen LogP contribution is 2.15. The summed E-state index contributed by atoms with van der Waals surface area (Å²) in [5, 5.41) is 16.8. The minimum Gasteiger partial charge on any atom is -0.473 e.